The minimum absolute atomic E-state index is 0.0560. The predicted octanol–water partition coefficient (Wildman–Crippen LogP) is 5.12. The third-order valence-corrected chi connectivity index (χ3v) is 5.51. The molecular formula is C18H15NOS3. The molecule has 0 aromatic heterocycles. The second-order valence-electron chi connectivity index (χ2n) is 5.13. The fraction of sp³-hybridized carbons (Fsp3) is 0.111. The highest BCUT2D eigenvalue weighted by atomic mass is 32.2. The Morgan fingerprint density at radius 3 is 2.57 bits per heavy atom. The molecule has 1 fully saturated rings. The zero-order valence-corrected chi connectivity index (χ0v) is 15.2. The first kappa shape index (κ1) is 16.3. The second-order valence-corrected chi connectivity index (χ2v) is 7.68. The molecule has 116 valence electrons. The summed E-state index contributed by atoms with van der Waals surface area (Å²) in [5, 5.41) is 0. The molecule has 0 N–H and O–H groups in total. The summed E-state index contributed by atoms with van der Waals surface area (Å²) in [7, 11) is 0. The molecule has 0 atom stereocenters. The van der Waals surface area contributed by atoms with Crippen LogP contribution >= 0.6 is 35.7 Å². The molecule has 1 amide bonds. The van der Waals surface area contributed by atoms with Crippen molar-refractivity contribution in [3.63, 3.8) is 0 Å². The van der Waals surface area contributed by atoms with Crippen LogP contribution < -0.4 is 4.90 Å². The quantitative estimate of drug-likeness (QED) is 0.431. The first-order valence-corrected chi connectivity index (χ1v) is 9.52. The fourth-order valence-electron chi connectivity index (χ4n) is 2.31. The number of thioether (sulfide) groups is 2. The highest BCUT2D eigenvalue weighted by Crippen LogP contribution is 2.36. The van der Waals surface area contributed by atoms with Crippen molar-refractivity contribution in [2.45, 2.75) is 11.8 Å². The maximum Gasteiger partial charge on any atom is 0.270 e. The monoisotopic (exact) mass is 357 g/mol. The standard InChI is InChI=1S/C18H15NOS3/c1-12-4-3-5-14(10-12)19-17(20)16(23-18(19)21)11-13-6-8-15(22-2)9-7-13/h3-11H,1-2H3. The number of carbonyl (C=O) groups excluding carboxylic acids is 1. The van der Waals surface area contributed by atoms with Crippen molar-refractivity contribution in [1.82, 2.24) is 0 Å². The molecule has 2 nitrogen and oxygen atoms in total. The molecule has 0 radical (unpaired) electrons. The van der Waals surface area contributed by atoms with Crippen LogP contribution in [0.1, 0.15) is 11.1 Å². The minimum atomic E-state index is -0.0560. The molecular weight excluding hydrogens is 342 g/mol. The van der Waals surface area contributed by atoms with Crippen molar-refractivity contribution < 1.29 is 4.79 Å². The molecule has 0 unspecified atom stereocenters. The lowest BCUT2D eigenvalue weighted by Gasteiger charge is -2.14. The number of hydrogen-bond donors (Lipinski definition) is 0. The van der Waals surface area contributed by atoms with Gasteiger partial charge in [0.1, 0.15) is 0 Å². The molecule has 23 heavy (non-hydrogen) atoms. The van der Waals surface area contributed by atoms with Gasteiger partial charge >= 0.3 is 0 Å². The van der Waals surface area contributed by atoms with Crippen molar-refractivity contribution in [3.05, 3.63) is 64.6 Å². The lowest BCUT2D eigenvalue weighted by atomic mass is 10.2. The highest BCUT2D eigenvalue weighted by Gasteiger charge is 2.33. The van der Waals surface area contributed by atoms with Gasteiger partial charge in [-0.1, -0.05) is 48.2 Å². The van der Waals surface area contributed by atoms with Crippen molar-refractivity contribution >= 4 is 57.7 Å². The largest absolute Gasteiger partial charge is 0.270 e. The normalized spacial score (nSPS) is 16.4. The maximum atomic E-state index is 12.7. The van der Waals surface area contributed by atoms with Gasteiger partial charge in [-0.15, -0.1) is 11.8 Å². The maximum absolute atomic E-state index is 12.7. The molecule has 0 bridgehead atoms. The molecule has 3 rings (SSSR count). The Labute approximate surface area is 150 Å². The average Bonchev–Trinajstić information content (AvgIpc) is 2.82. The lowest BCUT2D eigenvalue weighted by molar-refractivity contribution is -0.113. The van der Waals surface area contributed by atoms with Gasteiger partial charge in [-0.05, 0) is 54.6 Å². The summed E-state index contributed by atoms with van der Waals surface area (Å²) in [6.07, 6.45) is 3.95. The van der Waals surface area contributed by atoms with Gasteiger partial charge in [0.2, 0.25) is 0 Å². The van der Waals surface area contributed by atoms with Crippen molar-refractivity contribution in [1.29, 1.82) is 0 Å². The van der Waals surface area contributed by atoms with Crippen LogP contribution in [0.2, 0.25) is 0 Å². The van der Waals surface area contributed by atoms with Gasteiger partial charge in [-0.25, -0.2) is 0 Å². The summed E-state index contributed by atoms with van der Waals surface area (Å²) in [4.78, 5) is 16.2. The predicted molar refractivity (Wildman–Crippen MR) is 105 cm³/mol. The smallest absolute Gasteiger partial charge is 0.268 e. The second kappa shape index (κ2) is 6.91. The number of hydrogen-bond acceptors (Lipinski definition) is 4. The first-order chi connectivity index (χ1) is 11.1. The van der Waals surface area contributed by atoms with E-state index >= 15 is 0 Å². The van der Waals surface area contributed by atoms with Gasteiger partial charge in [0.25, 0.3) is 5.91 Å². The van der Waals surface area contributed by atoms with E-state index < -0.39 is 0 Å². The van der Waals surface area contributed by atoms with E-state index in [2.05, 4.69) is 12.1 Å². The minimum Gasteiger partial charge on any atom is -0.268 e. The molecule has 5 heteroatoms. The summed E-state index contributed by atoms with van der Waals surface area (Å²) in [6, 6.07) is 16.0. The van der Waals surface area contributed by atoms with Crippen LogP contribution in [0.15, 0.2) is 58.3 Å². The molecule has 1 aliphatic rings. The molecule has 1 aliphatic heterocycles. The Bertz CT molecular complexity index is 796. The topological polar surface area (TPSA) is 20.3 Å². The highest BCUT2D eigenvalue weighted by molar-refractivity contribution is 8.27. The molecule has 0 saturated carbocycles. The summed E-state index contributed by atoms with van der Waals surface area (Å²) in [6.45, 7) is 2.00. The summed E-state index contributed by atoms with van der Waals surface area (Å²) in [5.74, 6) is -0.0560. The Balaban J connectivity index is 1.89. The Hall–Kier alpha value is -1.56. The van der Waals surface area contributed by atoms with Crippen LogP contribution in [0.3, 0.4) is 0 Å². The van der Waals surface area contributed by atoms with E-state index in [9.17, 15) is 4.79 Å². The van der Waals surface area contributed by atoms with Crippen LogP contribution in [0.4, 0.5) is 5.69 Å². The number of aryl methyl sites for hydroxylation is 1. The lowest BCUT2D eigenvalue weighted by Crippen LogP contribution is -2.27. The molecule has 1 saturated heterocycles. The molecule has 2 aromatic carbocycles. The van der Waals surface area contributed by atoms with E-state index in [0.29, 0.717) is 9.23 Å². The number of amides is 1. The Morgan fingerprint density at radius 1 is 1.17 bits per heavy atom. The van der Waals surface area contributed by atoms with Crippen LogP contribution in [-0.2, 0) is 4.79 Å². The van der Waals surface area contributed by atoms with Crippen LogP contribution in [0, 0.1) is 6.92 Å². The number of anilines is 1. The zero-order chi connectivity index (χ0) is 16.4. The Kier molecular flexibility index (Phi) is 4.90. The van der Waals surface area contributed by atoms with Crippen molar-refractivity contribution in [2.24, 2.45) is 0 Å². The molecule has 0 spiro atoms. The van der Waals surface area contributed by atoms with Gasteiger partial charge in [0.05, 0.1) is 10.6 Å². The van der Waals surface area contributed by atoms with E-state index in [4.69, 9.17) is 12.2 Å². The first-order valence-electron chi connectivity index (χ1n) is 7.07. The van der Waals surface area contributed by atoms with Crippen LogP contribution in [0.5, 0.6) is 0 Å². The molecule has 1 heterocycles. The molecule has 0 aliphatic carbocycles. The van der Waals surface area contributed by atoms with Gasteiger partial charge in [0.15, 0.2) is 4.32 Å². The van der Waals surface area contributed by atoms with Gasteiger partial charge in [-0.2, -0.15) is 0 Å². The van der Waals surface area contributed by atoms with E-state index in [1.807, 2.05) is 55.7 Å². The number of carbonyl (C=O) groups is 1. The number of rotatable bonds is 3. The van der Waals surface area contributed by atoms with E-state index in [1.54, 1.807) is 16.7 Å². The van der Waals surface area contributed by atoms with Gasteiger partial charge in [0, 0.05) is 4.90 Å². The van der Waals surface area contributed by atoms with Crippen molar-refractivity contribution in [2.75, 3.05) is 11.2 Å². The van der Waals surface area contributed by atoms with E-state index in [0.717, 1.165) is 16.8 Å². The Morgan fingerprint density at radius 2 is 1.91 bits per heavy atom. The van der Waals surface area contributed by atoms with Gasteiger partial charge < -0.3 is 0 Å². The average molecular weight is 358 g/mol. The van der Waals surface area contributed by atoms with E-state index in [-0.39, 0.29) is 5.91 Å². The van der Waals surface area contributed by atoms with E-state index in [1.165, 1.54) is 16.7 Å². The van der Waals surface area contributed by atoms with Crippen molar-refractivity contribution in [3.8, 4) is 0 Å². The summed E-state index contributed by atoms with van der Waals surface area (Å²) < 4.78 is 0.576. The number of benzene rings is 2. The third-order valence-electron chi connectivity index (χ3n) is 3.47. The molecule has 2 aromatic rings. The summed E-state index contributed by atoms with van der Waals surface area (Å²) in [5.41, 5.74) is 2.94. The van der Waals surface area contributed by atoms with Gasteiger partial charge in [-0.3, -0.25) is 9.69 Å². The fourth-order valence-corrected chi connectivity index (χ4v) is 4.02. The number of nitrogens with zero attached hydrogens (tertiary/aromatic N) is 1. The van der Waals surface area contributed by atoms with Crippen LogP contribution in [-0.4, -0.2) is 16.5 Å². The third kappa shape index (κ3) is 3.52. The summed E-state index contributed by atoms with van der Waals surface area (Å²) >= 11 is 8.45. The number of thiocarbonyl (C=S) groups is 1. The SMILES string of the molecule is CSc1ccc(C=C2SC(=S)N(c3cccc(C)c3)C2=O)cc1. The van der Waals surface area contributed by atoms with Crippen LogP contribution in [0.25, 0.3) is 6.08 Å². The zero-order valence-electron chi connectivity index (χ0n) is 12.8.